The maximum atomic E-state index is 13.2. The number of benzene rings is 3. The summed E-state index contributed by atoms with van der Waals surface area (Å²) in [5.41, 5.74) is 5.47. The van der Waals surface area contributed by atoms with Gasteiger partial charge in [0, 0.05) is 17.3 Å². The molecule has 1 aliphatic rings. The van der Waals surface area contributed by atoms with E-state index in [1.807, 2.05) is 0 Å². The van der Waals surface area contributed by atoms with E-state index in [4.69, 9.17) is 22.1 Å². The lowest BCUT2D eigenvalue weighted by Crippen LogP contribution is -2.33. The third-order valence-corrected chi connectivity index (χ3v) is 5.22. The van der Waals surface area contributed by atoms with Crippen LogP contribution in [0.5, 0.6) is 11.5 Å². The number of nitrogens with zero attached hydrogens (tertiary/aromatic N) is 2. The number of aliphatic imine (C=N–C) groups is 1. The van der Waals surface area contributed by atoms with Crippen molar-refractivity contribution in [2.75, 3.05) is 11.4 Å². The molecule has 10 heteroatoms. The lowest BCUT2D eigenvalue weighted by Gasteiger charge is -2.26. The normalized spacial score (nSPS) is 17.2. The van der Waals surface area contributed by atoms with E-state index >= 15 is 0 Å². The fourth-order valence-corrected chi connectivity index (χ4v) is 3.64. The molecule has 1 saturated heterocycles. The summed E-state index contributed by atoms with van der Waals surface area (Å²) in [6, 6.07) is 17.3. The zero-order chi connectivity index (χ0) is 23.6. The van der Waals surface area contributed by atoms with Crippen molar-refractivity contribution in [3.05, 3.63) is 88.9 Å². The third-order valence-electron chi connectivity index (χ3n) is 4.97. The monoisotopic (exact) mass is 474 g/mol. The molecule has 1 unspecified atom stereocenters. The summed E-state index contributed by atoms with van der Waals surface area (Å²) < 4.78 is 45.5. The Hall–Kier alpha value is -3.72. The standard InChI is InChI=1S/C23H18ClF3N4O2/c24-16-4-8-18(9-5-16)33-19-10-6-17(7-11-19)31-20(13-29-22(31)30-21(28)32)14-2-1-3-15(12-14)23(25,26)27/h1-12,20H,13H2,(H3,28,29,30,32). The Morgan fingerprint density at radius 3 is 2.30 bits per heavy atom. The minimum Gasteiger partial charge on any atom is -0.457 e. The van der Waals surface area contributed by atoms with Crippen molar-refractivity contribution in [2.45, 2.75) is 12.2 Å². The van der Waals surface area contributed by atoms with Gasteiger partial charge in [0.15, 0.2) is 0 Å². The van der Waals surface area contributed by atoms with Crippen LogP contribution in [0, 0.1) is 0 Å². The number of amides is 2. The van der Waals surface area contributed by atoms with Gasteiger partial charge in [0.05, 0.1) is 11.6 Å². The minimum absolute atomic E-state index is 0.149. The minimum atomic E-state index is -4.47. The van der Waals surface area contributed by atoms with Gasteiger partial charge in [0.25, 0.3) is 0 Å². The quantitative estimate of drug-likeness (QED) is 0.505. The first-order valence-electron chi connectivity index (χ1n) is 9.82. The second kappa shape index (κ2) is 9.03. The van der Waals surface area contributed by atoms with Crippen molar-refractivity contribution in [2.24, 2.45) is 10.7 Å². The molecule has 33 heavy (non-hydrogen) atoms. The number of nitrogens with two attached hydrogens (primary N) is 1. The van der Waals surface area contributed by atoms with Crippen LogP contribution in [0.25, 0.3) is 0 Å². The van der Waals surface area contributed by atoms with Crippen molar-refractivity contribution < 1.29 is 22.7 Å². The number of alkyl halides is 3. The summed E-state index contributed by atoms with van der Waals surface area (Å²) in [7, 11) is 0. The summed E-state index contributed by atoms with van der Waals surface area (Å²) in [5, 5.41) is 3.54. The summed E-state index contributed by atoms with van der Waals surface area (Å²) in [5.74, 6) is 1.28. The molecule has 0 radical (unpaired) electrons. The molecule has 170 valence electrons. The fraction of sp³-hybridized carbons (Fsp3) is 0.130. The highest BCUT2D eigenvalue weighted by Crippen LogP contribution is 2.36. The predicted octanol–water partition coefficient (Wildman–Crippen LogP) is 5.74. The molecule has 1 aliphatic heterocycles. The van der Waals surface area contributed by atoms with Crippen LogP contribution in [-0.4, -0.2) is 18.5 Å². The van der Waals surface area contributed by atoms with Crippen molar-refractivity contribution in [3.63, 3.8) is 0 Å². The van der Waals surface area contributed by atoms with Crippen LogP contribution >= 0.6 is 11.6 Å². The van der Waals surface area contributed by atoms with Gasteiger partial charge in [-0.3, -0.25) is 0 Å². The first kappa shape index (κ1) is 22.5. The highest BCUT2D eigenvalue weighted by Gasteiger charge is 2.35. The number of hydrogen-bond donors (Lipinski definition) is 2. The number of urea groups is 1. The molecule has 4 rings (SSSR count). The van der Waals surface area contributed by atoms with Crippen LogP contribution in [0.4, 0.5) is 23.7 Å². The SMILES string of the molecule is NC(=O)N=C1NCC(c2cccc(C(F)(F)F)c2)N1c1ccc(Oc2ccc(Cl)cc2)cc1. The lowest BCUT2D eigenvalue weighted by atomic mass is 10.0. The van der Waals surface area contributed by atoms with Crippen molar-refractivity contribution in [1.82, 2.24) is 5.32 Å². The molecule has 1 fully saturated rings. The molecule has 0 aliphatic carbocycles. The fourth-order valence-electron chi connectivity index (χ4n) is 3.51. The van der Waals surface area contributed by atoms with Gasteiger partial charge in [0.1, 0.15) is 11.5 Å². The third kappa shape index (κ3) is 5.20. The Balaban J connectivity index is 1.65. The van der Waals surface area contributed by atoms with Gasteiger partial charge in [-0.1, -0.05) is 23.7 Å². The molecule has 1 atom stereocenters. The maximum Gasteiger partial charge on any atom is 0.416 e. The highest BCUT2D eigenvalue weighted by molar-refractivity contribution is 6.30. The molecule has 2 amide bonds. The number of guanidine groups is 1. The molecule has 0 saturated carbocycles. The largest absolute Gasteiger partial charge is 0.457 e. The van der Waals surface area contributed by atoms with Crippen LogP contribution in [0.3, 0.4) is 0 Å². The first-order chi connectivity index (χ1) is 15.7. The number of rotatable bonds is 4. The molecule has 6 nitrogen and oxygen atoms in total. The van der Waals surface area contributed by atoms with Crippen LogP contribution in [-0.2, 0) is 6.18 Å². The van der Waals surface area contributed by atoms with Gasteiger partial charge < -0.3 is 20.7 Å². The van der Waals surface area contributed by atoms with Crippen LogP contribution in [0.1, 0.15) is 17.2 Å². The Kier molecular flexibility index (Phi) is 6.15. The lowest BCUT2D eigenvalue weighted by molar-refractivity contribution is -0.137. The number of anilines is 1. The van der Waals surface area contributed by atoms with E-state index in [1.54, 1.807) is 59.5 Å². The molecule has 3 aromatic carbocycles. The number of nitrogens with one attached hydrogen (secondary N) is 1. The summed E-state index contributed by atoms with van der Waals surface area (Å²) in [6.45, 7) is 0.233. The Bertz CT molecular complexity index is 1180. The molecule has 3 aromatic rings. The van der Waals surface area contributed by atoms with E-state index in [2.05, 4.69) is 10.3 Å². The molecule has 0 spiro atoms. The molecule has 1 heterocycles. The van der Waals surface area contributed by atoms with Gasteiger partial charge >= 0.3 is 12.2 Å². The molecular weight excluding hydrogens is 457 g/mol. The van der Waals surface area contributed by atoms with Gasteiger partial charge in [-0.15, -0.1) is 0 Å². The molecule has 0 aromatic heterocycles. The zero-order valence-corrected chi connectivity index (χ0v) is 17.8. The van der Waals surface area contributed by atoms with E-state index < -0.39 is 23.8 Å². The average molecular weight is 475 g/mol. The zero-order valence-electron chi connectivity index (χ0n) is 17.0. The predicted molar refractivity (Wildman–Crippen MR) is 120 cm³/mol. The highest BCUT2D eigenvalue weighted by atomic mass is 35.5. The van der Waals surface area contributed by atoms with Crippen LogP contribution in [0.2, 0.25) is 5.02 Å². The average Bonchev–Trinajstić information content (AvgIpc) is 3.18. The van der Waals surface area contributed by atoms with Gasteiger partial charge in [-0.25, -0.2) is 4.79 Å². The summed E-state index contributed by atoms with van der Waals surface area (Å²) in [6.07, 6.45) is -4.47. The number of primary amides is 1. The molecular formula is C23H18ClF3N4O2. The van der Waals surface area contributed by atoms with E-state index in [-0.39, 0.29) is 12.5 Å². The van der Waals surface area contributed by atoms with Crippen molar-refractivity contribution in [1.29, 1.82) is 0 Å². The Labute approximate surface area is 192 Å². The number of carbonyl (C=O) groups excluding carboxylic acids is 1. The van der Waals surface area contributed by atoms with Gasteiger partial charge in [-0.2, -0.15) is 18.2 Å². The van der Waals surface area contributed by atoms with Crippen molar-refractivity contribution in [3.8, 4) is 11.5 Å². The smallest absolute Gasteiger partial charge is 0.416 e. The van der Waals surface area contributed by atoms with Gasteiger partial charge in [-0.05, 0) is 66.2 Å². The maximum absolute atomic E-state index is 13.2. The van der Waals surface area contributed by atoms with Crippen molar-refractivity contribution >= 4 is 29.3 Å². The van der Waals surface area contributed by atoms with Crippen LogP contribution < -0.4 is 20.7 Å². The summed E-state index contributed by atoms with van der Waals surface area (Å²) in [4.78, 5) is 16.8. The Morgan fingerprint density at radius 1 is 1.06 bits per heavy atom. The number of hydrogen-bond acceptors (Lipinski definition) is 2. The number of carbonyl (C=O) groups is 1. The second-order valence-electron chi connectivity index (χ2n) is 7.21. The molecule has 3 N–H and O–H groups in total. The van der Waals surface area contributed by atoms with E-state index in [9.17, 15) is 18.0 Å². The summed E-state index contributed by atoms with van der Waals surface area (Å²) >= 11 is 5.88. The van der Waals surface area contributed by atoms with Crippen LogP contribution in [0.15, 0.2) is 77.8 Å². The number of ether oxygens (including phenoxy) is 1. The second-order valence-corrected chi connectivity index (χ2v) is 7.65. The Morgan fingerprint density at radius 2 is 1.70 bits per heavy atom. The topological polar surface area (TPSA) is 80.0 Å². The van der Waals surface area contributed by atoms with Gasteiger partial charge in [0.2, 0.25) is 5.96 Å². The van der Waals surface area contributed by atoms with E-state index in [0.29, 0.717) is 27.8 Å². The first-order valence-corrected chi connectivity index (χ1v) is 10.2. The van der Waals surface area contributed by atoms with E-state index in [0.717, 1.165) is 12.1 Å². The number of halogens is 4. The molecule has 0 bridgehead atoms. The van der Waals surface area contributed by atoms with E-state index in [1.165, 1.54) is 6.07 Å².